The van der Waals surface area contributed by atoms with Crippen LogP contribution in [0.4, 0.5) is 5.82 Å². The maximum absolute atomic E-state index is 13.4. The first-order chi connectivity index (χ1) is 14.0. The van der Waals surface area contributed by atoms with Crippen LogP contribution in [-0.2, 0) is 0 Å². The summed E-state index contributed by atoms with van der Waals surface area (Å²) in [6, 6.07) is 16.3. The fraction of sp³-hybridized carbons (Fsp3) is 0.0455. The van der Waals surface area contributed by atoms with Gasteiger partial charge >= 0.3 is 0 Å². The molecule has 0 radical (unpaired) electrons. The molecule has 1 aliphatic heterocycles. The van der Waals surface area contributed by atoms with Crippen LogP contribution in [0, 0.1) is 0 Å². The van der Waals surface area contributed by atoms with E-state index in [2.05, 4.69) is 4.98 Å². The topological polar surface area (TPSA) is 63.4 Å². The Bertz CT molecular complexity index is 1320. The SMILES string of the molecule is O=C1c2oc3ccc(Cl)cc3c(=O)c2[C@@H](c2ccc(Cl)cc2)N1c1ccccn1. The molecule has 0 aliphatic carbocycles. The zero-order valence-electron chi connectivity index (χ0n) is 14.8. The van der Waals surface area contributed by atoms with Gasteiger partial charge in [0.1, 0.15) is 11.4 Å². The van der Waals surface area contributed by atoms with Crippen molar-refractivity contribution in [2.45, 2.75) is 6.04 Å². The summed E-state index contributed by atoms with van der Waals surface area (Å²) in [5, 5.41) is 1.30. The molecule has 0 spiro atoms. The van der Waals surface area contributed by atoms with E-state index in [1.807, 2.05) is 0 Å². The van der Waals surface area contributed by atoms with Crippen LogP contribution < -0.4 is 10.3 Å². The molecule has 0 saturated carbocycles. The third-order valence-corrected chi connectivity index (χ3v) is 5.40. The van der Waals surface area contributed by atoms with Crippen LogP contribution >= 0.6 is 23.2 Å². The number of nitrogens with zero attached hydrogens (tertiary/aromatic N) is 2. The first-order valence-corrected chi connectivity index (χ1v) is 9.56. The molecule has 0 bridgehead atoms. The number of benzene rings is 2. The lowest BCUT2D eigenvalue weighted by Crippen LogP contribution is -2.30. The average molecular weight is 423 g/mol. The monoisotopic (exact) mass is 422 g/mol. The van der Waals surface area contributed by atoms with Gasteiger partial charge in [-0.3, -0.25) is 14.5 Å². The highest BCUT2D eigenvalue weighted by Gasteiger charge is 2.44. The van der Waals surface area contributed by atoms with Gasteiger partial charge in [0.05, 0.1) is 17.0 Å². The van der Waals surface area contributed by atoms with E-state index in [9.17, 15) is 9.59 Å². The Morgan fingerprint density at radius 1 is 0.931 bits per heavy atom. The van der Waals surface area contributed by atoms with Gasteiger partial charge in [0, 0.05) is 16.2 Å². The maximum Gasteiger partial charge on any atom is 0.296 e. The van der Waals surface area contributed by atoms with Crippen LogP contribution in [-0.4, -0.2) is 10.9 Å². The Kier molecular flexibility index (Phi) is 4.15. The van der Waals surface area contributed by atoms with Crippen molar-refractivity contribution < 1.29 is 9.21 Å². The lowest BCUT2D eigenvalue weighted by Gasteiger charge is -2.24. The van der Waals surface area contributed by atoms with Gasteiger partial charge in [-0.2, -0.15) is 0 Å². The molecular weight excluding hydrogens is 411 g/mol. The van der Waals surface area contributed by atoms with Gasteiger partial charge in [-0.1, -0.05) is 41.4 Å². The summed E-state index contributed by atoms with van der Waals surface area (Å²) in [7, 11) is 0. The molecule has 2 aromatic heterocycles. The van der Waals surface area contributed by atoms with E-state index in [1.54, 1.807) is 66.9 Å². The van der Waals surface area contributed by atoms with Crippen molar-refractivity contribution in [3.05, 3.63) is 104 Å². The van der Waals surface area contributed by atoms with Crippen LogP contribution in [0.1, 0.15) is 27.7 Å². The molecule has 0 N–H and O–H groups in total. The van der Waals surface area contributed by atoms with Crippen molar-refractivity contribution in [1.82, 2.24) is 4.98 Å². The zero-order chi connectivity index (χ0) is 20.1. The van der Waals surface area contributed by atoms with Crippen LogP contribution in [0.3, 0.4) is 0 Å². The average Bonchev–Trinajstić information content (AvgIpc) is 3.03. The largest absolute Gasteiger partial charge is 0.450 e. The van der Waals surface area contributed by atoms with E-state index in [-0.39, 0.29) is 16.8 Å². The summed E-state index contributed by atoms with van der Waals surface area (Å²) in [4.78, 5) is 32.5. The van der Waals surface area contributed by atoms with Gasteiger partial charge in [-0.05, 0) is 48.0 Å². The number of amides is 1. The lowest BCUT2D eigenvalue weighted by molar-refractivity contribution is 0.0970. The molecule has 2 aromatic carbocycles. The van der Waals surface area contributed by atoms with E-state index in [1.165, 1.54) is 4.90 Å². The fourth-order valence-corrected chi connectivity index (χ4v) is 3.94. The number of rotatable bonds is 2. The maximum atomic E-state index is 13.4. The minimum absolute atomic E-state index is 0.00965. The Hall–Kier alpha value is -3.15. The van der Waals surface area contributed by atoms with Gasteiger partial charge in [-0.25, -0.2) is 4.98 Å². The third-order valence-electron chi connectivity index (χ3n) is 4.91. The summed E-state index contributed by atoms with van der Waals surface area (Å²) in [5.74, 6) is 0.00774. The molecule has 5 rings (SSSR count). The highest BCUT2D eigenvalue weighted by atomic mass is 35.5. The highest BCUT2D eigenvalue weighted by molar-refractivity contribution is 6.31. The molecule has 0 saturated heterocycles. The number of carbonyl (C=O) groups excluding carboxylic acids is 1. The van der Waals surface area contributed by atoms with Gasteiger partial charge in [0.25, 0.3) is 5.91 Å². The molecule has 1 atom stereocenters. The number of hydrogen-bond donors (Lipinski definition) is 0. The molecule has 1 amide bonds. The van der Waals surface area contributed by atoms with Crippen molar-refractivity contribution in [3.63, 3.8) is 0 Å². The number of hydrogen-bond acceptors (Lipinski definition) is 4. The van der Waals surface area contributed by atoms with E-state index in [4.69, 9.17) is 27.6 Å². The predicted molar refractivity (Wildman–Crippen MR) is 112 cm³/mol. The summed E-state index contributed by atoms with van der Waals surface area (Å²) in [6.07, 6.45) is 1.59. The number of halogens is 2. The van der Waals surface area contributed by atoms with E-state index in [0.717, 1.165) is 5.56 Å². The molecule has 4 aromatic rings. The Morgan fingerprint density at radius 3 is 2.41 bits per heavy atom. The van der Waals surface area contributed by atoms with Crippen molar-refractivity contribution in [3.8, 4) is 0 Å². The fourth-order valence-electron chi connectivity index (χ4n) is 3.64. The Labute approximate surface area is 175 Å². The Morgan fingerprint density at radius 2 is 1.69 bits per heavy atom. The molecule has 0 unspecified atom stereocenters. The summed E-state index contributed by atoms with van der Waals surface area (Å²) in [5.41, 5.74) is 0.998. The lowest BCUT2D eigenvalue weighted by atomic mass is 9.98. The molecule has 7 heteroatoms. The summed E-state index contributed by atoms with van der Waals surface area (Å²) in [6.45, 7) is 0. The molecule has 5 nitrogen and oxygen atoms in total. The highest BCUT2D eigenvalue weighted by Crippen LogP contribution is 2.40. The van der Waals surface area contributed by atoms with Crippen molar-refractivity contribution in [2.75, 3.05) is 4.90 Å². The molecule has 142 valence electrons. The van der Waals surface area contributed by atoms with Gasteiger partial charge in [0.15, 0.2) is 5.43 Å². The summed E-state index contributed by atoms with van der Waals surface area (Å²) >= 11 is 12.1. The zero-order valence-corrected chi connectivity index (χ0v) is 16.3. The van der Waals surface area contributed by atoms with E-state index in [0.29, 0.717) is 26.8 Å². The second-order valence-corrected chi connectivity index (χ2v) is 7.50. The normalized spacial score (nSPS) is 15.7. The number of pyridine rings is 1. The smallest absolute Gasteiger partial charge is 0.296 e. The quantitative estimate of drug-likeness (QED) is 0.442. The van der Waals surface area contributed by atoms with Gasteiger partial charge < -0.3 is 4.42 Å². The molecule has 3 heterocycles. The van der Waals surface area contributed by atoms with E-state index >= 15 is 0 Å². The number of anilines is 1. The van der Waals surface area contributed by atoms with Gasteiger partial charge in [-0.15, -0.1) is 0 Å². The minimum Gasteiger partial charge on any atom is -0.450 e. The minimum atomic E-state index is -0.690. The molecule has 1 aliphatic rings. The van der Waals surface area contributed by atoms with Crippen LogP contribution in [0.25, 0.3) is 11.0 Å². The number of aromatic nitrogens is 1. The first kappa shape index (κ1) is 17.9. The van der Waals surface area contributed by atoms with Crippen molar-refractivity contribution in [2.24, 2.45) is 0 Å². The summed E-state index contributed by atoms with van der Waals surface area (Å²) < 4.78 is 5.88. The van der Waals surface area contributed by atoms with Crippen LogP contribution in [0.2, 0.25) is 10.0 Å². The van der Waals surface area contributed by atoms with E-state index < -0.39 is 11.9 Å². The molecule has 0 fully saturated rings. The molecular formula is C22H12Cl2N2O3. The van der Waals surface area contributed by atoms with Crippen LogP contribution in [0.5, 0.6) is 0 Å². The standard InChI is InChI=1S/C22H12Cl2N2O3/c23-13-6-4-12(5-7-13)19-18-20(27)15-11-14(24)8-9-16(15)29-21(18)22(28)26(19)17-3-1-2-10-25-17/h1-11,19H/t19-/m1/s1. The van der Waals surface area contributed by atoms with Crippen molar-refractivity contribution >= 4 is 45.9 Å². The number of fused-ring (bicyclic) bond motifs is 2. The second-order valence-electron chi connectivity index (χ2n) is 6.63. The van der Waals surface area contributed by atoms with Crippen molar-refractivity contribution in [1.29, 1.82) is 0 Å². The second kappa shape index (κ2) is 6.72. The van der Waals surface area contributed by atoms with Crippen LogP contribution in [0.15, 0.2) is 76.1 Å². The Balaban J connectivity index is 1.83. The van der Waals surface area contributed by atoms with Gasteiger partial charge in [0.2, 0.25) is 5.76 Å². The molecule has 29 heavy (non-hydrogen) atoms. The third kappa shape index (κ3) is 2.82. The number of carbonyl (C=O) groups is 1. The predicted octanol–water partition coefficient (Wildman–Crippen LogP) is 5.24. The first-order valence-electron chi connectivity index (χ1n) is 8.81.